The molecule has 2 rings (SSSR count). The molecule has 1 aromatic heterocycles. The number of hydrogen-bond acceptors (Lipinski definition) is 3. The molecule has 1 amide bonds. The van der Waals surface area contributed by atoms with Crippen LogP contribution < -0.4 is 11.0 Å². The van der Waals surface area contributed by atoms with Gasteiger partial charge in [-0.3, -0.25) is 9.59 Å². The van der Waals surface area contributed by atoms with Crippen LogP contribution in [0.3, 0.4) is 0 Å². The average Bonchev–Trinajstić information content (AvgIpc) is 2.48. The van der Waals surface area contributed by atoms with Crippen molar-refractivity contribution in [2.75, 3.05) is 0 Å². The third kappa shape index (κ3) is 4.10. The first kappa shape index (κ1) is 14.6. The van der Waals surface area contributed by atoms with Crippen LogP contribution in [0.4, 0.5) is 4.39 Å². The number of amides is 1. The number of rotatable bonds is 4. The molecule has 0 radical (unpaired) electrons. The van der Waals surface area contributed by atoms with Crippen molar-refractivity contribution in [3.05, 3.63) is 70.4 Å². The van der Waals surface area contributed by atoms with Crippen LogP contribution in [-0.4, -0.2) is 16.2 Å². The fourth-order valence-electron chi connectivity index (χ4n) is 1.68. The first-order chi connectivity index (χ1) is 10.1. The summed E-state index contributed by atoms with van der Waals surface area (Å²) in [6.07, 6.45) is 1.53. The summed E-state index contributed by atoms with van der Waals surface area (Å²) < 4.78 is 14.1. The standard InChI is InChI=1S/C15H14FN3O2/c1-11(12-5-7-13(16)8-6-12)17-18-14(20)10-19-9-3-2-4-15(19)21/h2-9H,10H2,1H3,(H,18,20)/b17-11-. The van der Waals surface area contributed by atoms with Crippen LogP contribution in [0.5, 0.6) is 0 Å². The van der Waals surface area contributed by atoms with Gasteiger partial charge in [-0.2, -0.15) is 5.10 Å². The molecule has 2 aromatic rings. The van der Waals surface area contributed by atoms with Gasteiger partial charge in [-0.1, -0.05) is 18.2 Å². The van der Waals surface area contributed by atoms with Gasteiger partial charge in [0.1, 0.15) is 12.4 Å². The number of carbonyl (C=O) groups excluding carboxylic acids is 1. The third-order valence-electron chi connectivity index (χ3n) is 2.82. The van der Waals surface area contributed by atoms with E-state index in [-0.39, 0.29) is 17.9 Å². The Labute approximate surface area is 120 Å². The zero-order valence-corrected chi connectivity index (χ0v) is 11.4. The topological polar surface area (TPSA) is 63.5 Å². The minimum absolute atomic E-state index is 0.111. The van der Waals surface area contributed by atoms with E-state index in [0.717, 1.165) is 0 Å². The number of pyridine rings is 1. The highest BCUT2D eigenvalue weighted by atomic mass is 19.1. The number of benzene rings is 1. The van der Waals surface area contributed by atoms with Crippen LogP contribution in [0.15, 0.2) is 58.6 Å². The van der Waals surface area contributed by atoms with Crippen LogP contribution in [0.25, 0.3) is 0 Å². The maximum Gasteiger partial charge on any atom is 0.260 e. The molecule has 5 nitrogen and oxygen atoms in total. The quantitative estimate of drug-likeness (QED) is 0.684. The largest absolute Gasteiger partial charge is 0.306 e. The number of nitrogens with zero attached hydrogens (tertiary/aromatic N) is 2. The molecule has 0 saturated heterocycles. The summed E-state index contributed by atoms with van der Waals surface area (Å²) in [6, 6.07) is 10.4. The molecule has 0 aliphatic carbocycles. The number of hydrazone groups is 1. The molecule has 1 heterocycles. The van der Waals surface area contributed by atoms with Gasteiger partial charge in [0, 0.05) is 12.3 Å². The number of nitrogens with one attached hydrogen (secondary N) is 1. The van der Waals surface area contributed by atoms with Gasteiger partial charge in [-0.25, -0.2) is 9.82 Å². The summed E-state index contributed by atoms with van der Waals surface area (Å²) in [4.78, 5) is 23.2. The second kappa shape index (κ2) is 6.60. The van der Waals surface area contributed by atoms with Gasteiger partial charge >= 0.3 is 0 Å². The molecule has 0 bridgehead atoms. The van der Waals surface area contributed by atoms with Gasteiger partial charge in [0.15, 0.2) is 0 Å². The predicted octanol–water partition coefficient (Wildman–Crippen LogP) is 1.53. The molecular weight excluding hydrogens is 273 g/mol. The van der Waals surface area contributed by atoms with Crippen LogP contribution in [0.1, 0.15) is 12.5 Å². The highest BCUT2D eigenvalue weighted by molar-refractivity contribution is 5.99. The summed E-state index contributed by atoms with van der Waals surface area (Å²) >= 11 is 0. The number of hydrogen-bond donors (Lipinski definition) is 1. The van der Waals surface area contributed by atoms with Crippen LogP contribution in [-0.2, 0) is 11.3 Å². The van der Waals surface area contributed by atoms with E-state index in [2.05, 4.69) is 10.5 Å². The Morgan fingerprint density at radius 2 is 1.95 bits per heavy atom. The Morgan fingerprint density at radius 1 is 1.24 bits per heavy atom. The summed E-state index contributed by atoms with van der Waals surface area (Å²) in [7, 11) is 0. The molecule has 1 N–H and O–H groups in total. The fourth-order valence-corrected chi connectivity index (χ4v) is 1.68. The molecule has 0 saturated carbocycles. The van der Waals surface area contributed by atoms with Crippen LogP contribution in [0, 0.1) is 5.82 Å². The zero-order chi connectivity index (χ0) is 15.2. The highest BCUT2D eigenvalue weighted by Crippen LogP contribution is 2.03. The van der Waals surface area contributed by atoms with Crippen molar-refractivity contribution in [2.24, 2.45) is 5.10 Å². The second-order valence-electron chi connectivity index (χ2n) is 4.41. The SMILES string of the molecule is C/C(=N/NC(=O)Cn1ccccc1=O)c1ccc(F)cc1. The van der Waals surface area contributed by atoms with E-state index >= 15 is 0 Å². The van der Waals surface area contributed by atoms with Gasteiger partial charge in [0.25, 0.3) is 11.5 Å². The lowest BCUT2D eigenvalue weighted by molar-refractivity contribution is -0.121. The van der Waals surface area contributed by atoms with E-state index in [0.29, 0.717) is 11.3 Å². The average molecular weight is 287 g/mol. The smallest absolute Gasteiger partial charge is 0.260 e. The van der Waals surface area contributed by atoms with E-state index in [1.807, 2.05) is 0 Å². The van der Waals surface area contributed by atoms with Gasteiger partial charge in [0.2, 0.25) is 0 Å². The van der Waals surface area contributed by atoms with Crippen molar-refractivity contribution >= 4 is 11.6 Å². The monoisotopic (exact) mass is 287 g/mol. The number of halogens is 1. The molecule has 108 valence electrons. The molecule has 6 heteroatoms. The molecule has 0 aliphatic rings. The van der Waals surface area contributed by atoms with E-state index in [4.69, 9.17) is 0 Å². The Morgan fingerprint density at radius 3 is 2.62 bits per heavy atom. The molecular formula is C15H14FN3O2. The van der Waals surface area contributed by atoms with Crippen molar-refractivity contribution in [1.82, 2.24) is 9.99 Å². The Balaban J connectivity index is 2.00. The Kier molecular flexibility index (Phi) is 4.61. The van der Waals surface area contributed by atoms with E-state index < -0.39 is 5.91 Å². The van der Waals surface area contributed by atoms with Gasteiger partial charge < -0.3 is 4.57 Å². The van der Waals surface area contributed by atoms with Gasteiger partial charge in [-0.05, 0) is 30.7 Å². The lowest BCUT2D eigenvalue weighted by Crippen LogP contribution is -2.29. The summed E-state index contributed by atoms with van der Waals surface area (Å²) in [5.74, 6) is -0.746. The van der Waals surface area contributed by atoms with Crippen molar-refractivity contribution in [3.63, 3.8) is 0 Å². The van der Waals surface area contributed by atoms with Crippen molar-refractivity contribution < 1.29 is 9.18 Å². The Bertz CT molecular complexity index is 720. The highest BCUT2D eigenvalue weighted by Gasteiger charge is 2.03. The summed E-state index contributed by atoms with van der Waals surface area (Å²) in [5.41, 5.74) is 3.36. The maximum atomic E-state index is 12.8. The molecule has 1 aromatic carbocycles. The van der Waals surface area contributed by atoms with Crippen LogP contribution in [0.2, 0.25) is 0 Å². The molecule has 0 unspecified atom stereocenters. The van der Waals surface area contributed by atoms with E-state index in [1.165, 1.54) is 29.0 Å². The lowest BCUT2D eigenvalue weighted by atomic mass is 10.1. The van der Waals surface area contributed by atoms with Gasteiger partial charge in [-0.15, -0.1) is 0 Å². The third-order valence-corrected chi connectivity index (χ3v) is 2.82. The molecule has 0 fully saturated rings. The van der Waals surface area contributed by atoms with E-state index in [1.54, 1.807) is 31.2 Å². The molecule has 21 heavy (non-hydrogen) atoms. The first-order valence-electron chi connectivity index (χ1n) is 6.31. The zero-order valence-electron chi connectivity index (χ0n) is 11.4. The van der Waals surface area contributed by atoms with Gasteiger partial charge in [0.05, 0.1) is 5.71 Å². The molecule has 0 aliphatic heterocycles. The van der Waals surface area contributed by atoms with Crippen molar-refractivity contribution in [2.45, 2.75) is 13.5 Å². The number of aromatic nitrogens is 1. The lowest BCUT2D eigenvalue weighted by Gasteiger charge is -2.05. The number of carbonyl (C=O) groups is 1. The first-order valence-corrected chi connectivity index (χ1v) is 6.31. The minimum atomic E-state index is -0.412. The molecule has 0 spiro atoms. The predicted molar refractivity (Wildman–Crippen MR) is 77.5 cm³/mol. The van der Waals surface area contributed by atoms with Crippen molar-refractivity contribution in [3.8, 4) is 0 Å². The van der Waals surface area contributed by atoms with E-state index in [9.17, 15) is 14.0 Å². The summed E-state index contributed by atoms with van der Waals surface area (Å²) in [6.45, 7) is 1.59. The summed E-state index contributed by atoms with van der Waals surface area (Å²) in [5, 5.41) is 3.93. The minimum Gasteiger partial charge on any atom is -0.306 e. The van der Waals surface area contributed by atoms with Crippen molar-refractivity contribution in [1.29, 1.82) is 0 Å². The fraction of sp³-hybridized carbons (Fsp3) is 0.133. The second-order valence-corrected chi connectivity index (χ2v) is 4.41. The normalized spacial score (nSPS) is 11.2. The maximum absolute atomic E-state index is 12.8. The van der Waals surface area contributed by atoms with Crippen LogP contribution >= 0.6 is 0 Å². The molecule has 0 atom stereocenters. The Hall–Kier alpha value is -2.76.